The fraction of sp³-hybridized carbons (Fsp3) is 1.00. The molecule has 1 nitrogen and oxygen atoms in total. The Bertz CT molecular complexity index is 104. The molecule has 0 unspecified atom stereocenters. The summed E-state index contributed by atoms with van der Waals surface area (Å²) in [5.41, 5.74) is 0. The summed E-state index contributed by atoms with van der Waals surface area (Å²) in [4.78, 5) is 0.640. The predicted octanol–water partition coefficient (Wildman–Crippen LogP) is 1.54. The Morgan fingerprint density at radius 1 is 1.22 bits per heavy atom. The fourth-order valence-electron chi connectivity index (χ4n) is 2.12. The van der Waals surface area contributed by atoms with Gasteiger partial charge in [0, 0.05) is 4.83 Å². The lowest BCUT2D eigenvalue weighted by molar-refractivity contribution is -0.0646. The van der Waals surface area contributed by atoms with Crippen LogP contribution in [0, 0.1) is 11.8 Å². The molecule has 3 fully saturated rings. The van der Waals surface area contributed by atoms with Crippen LogP contribution in [0.5, 0.6) is 0 Å². The number of aliphatic hydroxyl groups is 1. The Kier molecular flexibility index (Phi) is 1.34. The third-order valence-corrected chi connectivity index (χ3v) is 4.13. The molecule has 52 valence electrons. The van der Waals surface area contributed by atoms with Gasteiger partial charge in [-0.15, -0.1) is 0 Å². The van der Waals surface area contributed by atoms with Gasteiger partial charge in [0.2, 0.25) is 0 Å². The zero-order chi connectivity index (χ0) is 6.43. The van der Waals surface area contributed by atoms with E-state index in [2.05, 4.69) is 15.9 Å². The molecule has 3 aliphatic carbocycles. The lowest BCUT2D eigenvalue weighted by Gasteiger charge is -2.51. The van der Waals surface area contributed by atoms with E-state index in [1.807, 2.05) is 0 Å². The van der Waals surface area contributed by atoms with Gasteiger partial charge in [-0.25, -0.2) is 0 Å². The van der Waals surface area contributed by atoms with E-state index >= 15 is 0 Å². The van der Waals surface area contributed by atoms with Gasteiger partial charge in [0.25, 0.3) is 0 Å². The van der Waals surface area contributed by atoms with Crippen molar-refractivity contribution in [2.24, 2.45) is 11.8 Å². The molecule has 0 aromatic rings. The molecule has 2 bridgehead atoms. The molecule has 0 aromatic carbocycles. The van der Waals surface area contributed by atoms with Gasteiger partial charge in [-0.3, -0.25) is 0 Å². The molecule has 2 atom stereocenters. The average Bonchev–Trinajstić information content (AvgIpc) is 1.91. The summed E-state index contributed by atoms with van der Waals surface area (Å²) in [6, 6.07) is 0. The van der Waals surface area contributed by atoms with Gasteiger partial charge < -0.3 is 5.11 Å². The van der Waals surface area contributed by atoms with E-state index in [4.69, 9.17) is 0 Å². The largest absolute Gasteiger partial charge is 0.392 e. The van der Waals surface area contributed by atoms with Crippen LogP contribution >= 0.6 is 15.9 Å². The topological polar surface area (TPSA) is 20.2 Å². The standard InChI is InChI=1S/C7H11BrO/c8-6-4-2-1-3-5(6)7(4)9/h4-7,9H,1-3H2/t4-,5-,6?,7?/m1/s1. The highest BCUT2D eigenvalue weighted by molar-refractivity contribution is 9.09. The molecule has 9 heavy (non-hydrogen) atoms. The van der Waals surface area contributed by atoms with Crippen molar-refractivity contribution >= 4 is 15.9 Å². The van der Waals surface area contributed by atoms with Gasteiger partial charge >= 0.3 is 0 Å². The summed E-state index contributed by atoms with van der Waals surface area (Å²) < 4.78 is 0. The van der Waals surface area contributed by atoms with Crippen molar-refractivity contribution in [1.29, 1.82) is 0 Å². The highest BCUT2D eigenvalue weighted by Gasteiger charge is 2.50. The summed E-state index contributed by atoms with van der Waals surface area (Å²) in [5.74, 6) is 1.17. The number of hydrogen-bond acceptors (Lipinski definition) is 1. The molecule has 0 heterocycles. The maximum atomic E-state index is 9.37. The third kappa shape index (κ3) is 0.695. The van der Waals surface area contributed by atoms with Crippen molar-refractivity contribution in [3.63, 3.8) is 0 Å². The lowest BCUT2D eigenvalue weighted by Crippen LogP contribution is -2.54. The maximum Gasteiger partial charge on any atom is 0.0618 e. The lowest BCUT2D eigenvalue weighted by atomic mass is 9.63. The molecule has 0 aliphatic heterocycles. The van der Waals surface area contributed by atoms with E-state index in [1.165, 1.54) is 19.3 Å². The van der Waals surface area contributed by atoms with Crippen molar-refractivity contribution < 1.29 is 5.11 Å². The average molecular weight is 191 g/mol. The van der Waals surface area contributed by atoms with Gasteiger partial charge in [-0.05, 0) is 24.7 Å². The molecule has 0 saturated heterocycles. The first-order chi connectivity index (χ1) is 4.30. The van der Waals surface area contributed by atoms with Crippen molar-refractivity contribution in [1.82, 2.24) is 0 Å². The number of hydrogen-bond donors (Lipinski definition) is 1. The number of halogens is 1. The molecule has 0 spiro atoms. The molecular weight excluding hydrogens is 180 g/mol. The van der Waals surface area contributed by atoms with Gasteiger partial charge in [0.05, 0.1) is 6.10 Å². The summed E-state index contributed by atoms with van der Waals surface area (Å²) >= 11 is 3.58. The van der Waals surface area contributed by atoms with Crippen LogP contribution in [0.4, 0.5) is 0 Å². The monoisotopic (exact) mass is 190 g/mol. The zero-order valence-electron chi connectivity index (χ0n) is 5.26. The third-order valence-electron chi connectivity index (χ3n) is 2.77. The molecule has 2 heteroatoms. The molecule has 3 rings (SSSR count). The van der Waals surface area contributed by atoms with Crippen LogP contribution in [-0.4, -0.2) is 16.0 Å². The fourth-order valence-corrected chi connectivity index (χ4v) is 3.27. The summed E-state index contributed by atoms with van der Waals surface area (Å²) in [5, 5.41) is 9.37. The summed E-state index contributed by atoms with van der Waals surface area (Å²) in [7, 11) is 0. The first kappa shape index (κ1) is 6.17. The Morgan fingerprint density at radius 2 is 1.78 bits per heavy atom. The van der Waals surface area contributed by atoms with Crippen LogP contribution in [0.25, 0.3) is 0 Å². The minimum Gasteiger partial charge on any atom is -0.392 e. The van der Waals surface area contributed by atoms with E-state index in [0.29, 0.717) is 16.7 Å². The highest BCUT2D eigenvalue weighted by Crippen LogP contribution is 2.49. The summed E-state index contributed by atoms with van der Waals surface area (Å²) in [6.07, 6.45) is 3.82. The number of rotatable bonds is 0. The van der Waals surface area contributed by atoms with E-state index in [9.17, 15) is 5.11 Å². The SMILES string of the molecule is OC1[C@@H]2CCC[C@@H]1C2Br. The predicted molar refractivity (Wildman–Crippen MR) is 39.6 cm³/mol. The second-order valence-electron chi connectivity index (χ2n) is 3.19. The van der Waals surface area contributed by atoms with Crippen LogP contribution < -0.4 is 0 Å². The first-order valence-corrected chi connectivity index (χ1v) is 4.54. The van der Waals surface area contributed by atoms with Crippen molar-refractivity contribution in [3.05, 3.63) is 0 Å². The second-order valence-corrected chi connectivity index (χ2v) is 4.25. The van der Waals surface area contributed by atoms with E-state index < -0.39 is 0 Å². The van der Waals surface area contributed by atoms with Gasteiger partial charge in [-0.1, -0.05) is 22.4 Å². The number of fused-ring (bicyclic) bond motifs is 2. The molecule has 1 N–H and O–H groups in total. The molecule has 0 aromatic heterocycles. The smallest absolute Gasteiger partial charge is 0.0618 e. The minimum absolute atomic E-state index is 0.0307. The Labute approximate surface area is 63.6 Å². The molecule has 3 aliphatic rings. The Balaban J connectivity index is 2.08. The Hall–Kier alpha value is 0.440. The minimum atomic E-state index is 0.0307. The molecule has 0 radical (unpaired) electrons. The summed E-state index contributed by atoms with van der Waals surface area (Å²) in [6.45, 7) is 0. The van der Waals surface area contributed by atoms with E-state index in [0.717, 1.165) is 0 Å². The zero-order valence-corrected chi connectivity index (χ0v) is 6.84. The van der Waals surface area contributed by atoms with Crippen LogP contribution in [0.3, 0.4) is 0 Å². The van der Waals surface area contributed by atoms with Crippen LogP contribution in [0.2, 0.25) is 0 Å². The first-order valence-electron chi connectivity index (χ1n) is 3.63. The van der Waals surface area contributed by atoms with Gasteiger partial charge in [0.1, 0.15) is 0 Å². The molecular formula is C7H11BrO. The maximum absolute atomic E-state index is 9.37. The van der Waals surface area contributed by atoms with Crippen LogP contribution in [0.1, 0.15) is 19.3 Å². The van der Waals surface area contributed by atoms with Gasteiger partial charge in [-0.2, -0.15) is 0 Å². The van der Waals surface area contributed by atoms with Crippen LogP contribution in [-0.2, 0) is 0 Å². The normalized spacial score (nSPS) is 56.7. The number of alkyl halides is 1. The van der Waals surface area contributed by atoms with E-state index in [1.54, 1.807) is 0 Å². The Morgan fingerprint density at radius 3 is 2.00 bits per heavy atom. The highest BCUT2D eigenvalue weighted by atomic mass is 79.9. The molecule has 0 amide bonds. The second kappa shape index (κ2) is 1.96. The van der Waals surface area contributed by atoms with Crippen LogP contribution in [0.15, 0.2) is 0 Å². The quantitative estimate of drug-likeness (QED) is 0.576. The van der Waals surface area contributed by atoms with Crippen molar-refractivity contribution in [3.8, 4) is 0 Å². The van der Waals surface area contributed by atoms with Crippen molar-refractivity contribution in [2.75, 3.05) is 0 Å². The number of aliphatic hydroxyl groups excluding tert-OH is 1. The van der Waals surface area contributed by atoms with Gasteiger partial charge in [0.15, 0.2) is 0 Å². The van der Waals surface area contributed by atoms with E-state index in [-0.39, 0.29) is 6.10 Å². The van der Waals surface area contributed by atoms with Crippen molar-refractivity contribution in [2.45, 2.75) is 30.2 Å². The molecule has 3 saturated carbocycles.